The van der Waals surface area contributed by atoms with Crippen molar-refractivity contribution in [2.24, 2.45) is 0 Å². The molecule has 2 N–H and O–H groups in total. The number of aromatic nitrogens is 2. The van der Waals surface area contributed by atoms with E-state index < -0.39 is 24.1 Å². The lowest BCUT2D eigenvalue weighted by atomic mass is 9.98. The monoisotopic (exact) mass is 416 g/mol. The van der Waals surface area contributed by atoms with Crippen molar-refractivity contribution in [3.63, 3.8) is 0 Å². The van der Waals surface area contributed by atoms with Crippen LogP contribution in [0.4, 0.5) is 4.79 Å². The quantitative estimate of drug-likeness (QED) is 0.574. The average molecular weight is 416 g/mol. The third-order valence-electron chi connectivity index (χ3n) is 5.98. The number of aromatic amines is 1. The molecule has 3 amide bonds. The molecule has 2 aliphatic carbocycles. The van der Waals surface area contributed by atoms with Crippen LogP contribution in [0.15, 0.2) is 4.79 Å². The summed E-state index contributed by atoms with van der Waals surface area (Å²) in [6, 6.07) is -0.560. The minimum atomic E-state index is -0.852. The van der Waals surface area contributed by atoms with Crippen LogP contribution in [-0.4, -0.2) is 44.9 Å². The van der Waals surface area contributed by atoms with E-state index in [0.717, 1.165) is 42.6 Å². The number of esters is 1. The summed E-state index contributed by atoms with van der Waals surface area (Å²) in [5, 5.41) is 3.36. The summed E-state index contributed by atoms with van der Waals surface area (Å²) in [7, 11) is 0. The molecule has 3 aliphatic rings. The van der Waals surface area contributed by atoms with Crippen molar-refractivity contribution in [2.75, 3.05) is 6.54 Å². The van der Waals surface area contributed by atoms with Crippen molar-refractivity contribution in [2.45, 2.75) is 57.1 Å². The summed E-state index contributed by atoms with van der Waals surface area (Å²) in [4.78, 5) is 59.2. The Bertz CT molecular complexity index is 1100. The third-order valence-corrected chi connectivity index (χ3v) is 7.17. The number of imide groups is 1. The first-order chi connectivity index (χ1) is 14.0. The average Bonchev–Trinajstić information content (AvgIpc) is 3.42. The van der Waals surface area contributed by atoms with E-state index in [1.807, 2.05) is 0 Å². The van der Waals surface area contributed by atoms with E-state index in [1.54, 1.807) is 0 Å². The highest BCUT2D eigenvalue weighted by molar-refractivity contribution is 7.18. The van der Waals surface area contributed by atoms with Crippen molar-refractivity contribution in [3.05, 3.63) is 26.6 Å². The van der Waals surface area contributed by atoms with Crippen molar-refractivity contribution < 1.29 is 19.1 Å². The molecule has 1 saturated carbocycles. The molecule has 1 aliphatic heterocycles. The molecule has 5 rings (SSSR count). The first-order valence-electron chi connectivity index (χ1n) is 9.80. The molecule has 1 spiro atoms. The van der Waals surface area contributed by atoms with Crippen molar-refractivity contribution in [1.29, 1.82) is 0 Å². The zero-order valence-electron chi connectivity index (χ0n) is 15.7. The van der Waals surface area contributed by atoms with E-state index in [-0.39, 0.29) is 23.9 Å². The predicted octanol–water partition coefficient (Wildman–Crippen LogP) is 1.38. The van der Waals surface area contributed by atoms with Gasteiger partial charge in [-0.3, -0.25) is 19.3 Å². The largest absolute Gasteiger partial charge is 0.456 e. The summed E-state index contributed by atoms with van der Waals surface area (Å²) in [6.07, 6.45) is 5.85. The van der Waals surface area contributed by atoms with Crippen molar-refractivity contribution >= 4 is 39.5 Å². The number of nitrogens with zero attached hydrogens (tertiary/aromatic N) is 2. The fourth-order valence-electron chi connectivity index (χ4n) is 4.58. The van der Waals surface area contributed by atoms with Gasteiger partial charge in [-0.05, 0) is 37.7 Å². The van der Waals surface area contributed by atoms with Gasteiger partial charge in [0.15, 0.2) is 0 Å². The summed E-state index contributed by atoms with van der Waals surface area (Å²) >= 11 is 1.51. The Morgan fingerprint density at radius 2 is 1.97 bits per heavy atom. The Morgan fingerprint density at radius 1 is 1.17 bits per heavy atom. The molecular formula is C19H20N4O5S. The van der Waals surface area contributed by atoms with E-state index in [0.29, 0.717) is 23.1 Å². The number of aryl methyl sites for hydroxylation is 2. The first kappa shape index (κ1) is 18.3. The van der Waals surface area contributed by atoms with E-state index in [9.17, 15) is 19.2 Å². The lowest BCUT2D eigenvalue weighted by Gasteiger charge is -2.19. The van der Waals surface area contributed by atoms with Gasteiger partial charge in [-0.25, -0.2) is 9.78 Å². The van der Waals surface area contributed by atoms with Gasteiger partial charge in [-0.1, -0.05) is 12.8 Å². The van der Waals surface area contributed by atoms with Gasteiger partial charge in [-0.15, -0.1) is 11.3 Å². The molecule has 0 bridgehead atoms. The Hall–Kier alpha value is -2.75. The second-order valence-electron chi connectivity index (χ2n) is 7.82. The van der Waals surface area contributed by atoms with E-state index in [1.165, 1.54) is 16.2 Å². The number of hydrogen-bond donors (Lipinski definition) is 2. The summed E-state index contributed by atoms with van der Waals surface area (Å²) in [6.45, 7) is -0.673. The minimum absolute atomic E-state index is 0.221. The number of nitrogens with one attached hydrogen (secondary N) is 2. The fourth-order valence-corrected chi connectivity index (χ4v) is 5.86. The van der Waals surface area contributed by atoms with Crippen LogP contribution in [0.1, 0.15) is 48.4 Å². The lowest BCUT2D eigenvalue weighted by molar-refractivity contribution is -0.149. The number of hydrogen-bond acceptors (Lipinski definition) is 7. The summed E-state index contributed by atoms with van der Waals surface area (Å²) in [5.74, 6) is -0.835. The molecule has 0 atom stereocenters. The molecular weight excluding hydrogens is 396 g/mol. The number of urea groups is 1. The van der Waals surface area contributed by atoms with Crippen LogP contribution in [0.2, 0.25) is 0 Å². The maximum absolute atomic E-state index is 12.6. The molecule has 152 valence electrons. The Kier molecular flexibility index (Phi) is 4.19. The van der Waals surface area contributed by atoms with E-state index >= 15 is 0 Å². The van der Waals surface area contributed by atoms with Gasteiger partial charge in [0.2, 0.25) is 0 Å². The molecule has 3 heterocycles. The molecule has 0 unspecified atom stereocenters. The number of amides is 3. The van der Waals surface area contributed by atoms with Crippen LogP contribution in [0.25, 0.3) is 10.2 Å². The highest BCUT2D eigenvalue weighted by atomic mass is 32.1. The zero-order chi connectivity index (χ0) is 20.2. The topological polar surface area (TPSA) is 121 Å². The molecule has 10 heteroatoms. The third kappa shape index (κ3) is 2.93. The van der Waals surface area contributed by atoms with Gasteiger partial charge in [-0.2, -0.15) is 0 Å². The van der Waals surface area contributed by atoms with Gasteiger partial charge >= 0.3 is 12.0 Å². The van der Waals surface area contributed by atoms with Crippen molar-refractivity contribution in [1.82, 2.24) is 20.2 Å². The SMILES string of the molecule is O=C(CN1C(=O)NC2(CCCC2)C1=O)OCc1nc2sc3c(c2c(=O)[nH]1)CCC3. The standard InChI is InChI=1S/C19H20N4O5S/c24-13(8-23-17(26)19(22-18(23)27)6-1-2-7-19)28-9-12-20-15(25)14-10-4-3-5-11(10)29-16(14)21-12/h1-9H2,(H,22,27)(H,20,21,25). The molecule has 1 saturated heterocycles. The maximum atomic E-state index is 12.6. The number of carbonyl (C=O) groups is 3. The number of H-pyrrole nitrogens is 1. The van der Waals surface area contributed by atoms with E-state index in [2.05, 4.69) is 15.3 Å². The number of thiophene rings is 1. The van der Waals surface area contributed by atoms with Crippen molar-refractivity contribution in [3.8, 4) is 0 Å². The Labute approximate surface area is 169 Å². The van der Waals surface area contributed by atoms with Crippen LogP contribution < -0.4 is 10.9 Å². The van der Waals surface area contributed by atoms with Crippen LogP contribution in [0.3, 0.4) is 0 Å². The molecule has 2 aromatic heterocycles. The van der Waals surface area contributed by atoms with Gasteiger partial charge in [0, 0.05) is 4.88 Å². The van der Waals surface area contributed by atoms with Gasteiger partial charge < -0.3 is 15.0 Å². The van der Waals surface area contributed by atoms with Crippen LogP contribution in [-0.2, 0) is 33.8 Å². The number of ether oxygens (including phenoxy) is 1. The number of rotatable bonds is 4. The normalized spacial score (nSPS) is 19.9. The van der Waals surface area contributed by atoms with Crippen LogP contribution >= 0.6 is 11.3 Å². The van der Waals surface area contributed by atoms with E-state index in [4.69, 9.17) is 4.74 Å². The lowest BCUT2D eigenvalue weighted by Crippen LogP contribution is -2.44. The Balaban J connectivity index is 1.26. The fraction of sp³-hybridized carbons (Fsp3) is 0.526. The smallest absolute Gasteiger partial charge is 0.326 e. The number of carbonyl (C=O) groups excluding carboxylic acids is 3. The van der Waals surface area contributed by atoms with Gasteiger partial charge in [0.05, 0.1) is 5.39 Å². The van der Waals surface area contributed by atoms with Gasteiger partial charge in [0.25, 0.3) is 11.5 Å². The molecule has 0 aromatic carbocycles. The molecule has 2 aromatic rings. The first-order valence-corrected chi connectivity index (χ1v) is 10.6. The second-order valence-corrected chi connectivity index (χ2v) is 8.91. The number of fused-ring (bicyclic) bond motifs is 3. The molecule has 29 heavy (non-hydrogen) atoms. The molecule has 2 fully saturated rings. The minimum Gasteiger partial charge on any atom is -0.456 e. The summed E-state index contributed by atoms with van der Waals surface area (Å²) in [5.41, 5.74) is 0.00815. The van der Waals surface area contributed by atoms with Gasteiger partial charge in [0.1, 0.15) is 29.3 Å². The second kappa shape index (κ2) is 6.65. The Morgan fingerprint density at radius 3 is 2.76 bits per heavy atom. The van der Waals surface area contributed by atoms with Crippen LogP contribution in [0, 0.1) is 0 Å². The molecule has 0 radical (unpaired) electrons. The predicted molar refractivity (Wildman–Crippen MR) is 104 cm³/mol. The highest BCUT2D eigenvalue weighted by Gasteiger charge is 2.52. The maximum Gasteiger partial charge on any atom is 0.326 e. The molecule has 9 nitrogen and oxygen atoms in total. The summed E-state index contributed by atoms with van der Waals surface area (Å²) < 4.78 is 5.18. The van der Waals surface area contributed by atoms with Crippen LogP contribution in [0.5, 0.6) is 0 Å². The highest BCUT2D eigenvalue weighted by Crippen LogP contribution is 2.35. The zero-order valence-corrected chi connectivity index (χ0v) is 16.5.